The van der Waals surface area contributed by atoms with Crippen LogP contribution in [0.15, 0.2) is 6.07 Å². The number of carbonyl (C=O) groups excluding carboxylic acids is 1. The highest BCUT2D eigenvalue weighted by atomic mass is 16.7. The molecular weight excluding hydrogens is 188 g/mol. The van der Waals surface area contributed by atoms with Gasteiger partial charge in [-0.15, -0.1) is 0 Å². The minimum absolute atomic E-state index is 0.0983. The van der Waals surface area contributed by atoms with Gasteiger partial charge in [0, 0.05) is 0 Å². The molecule has 1 aromatic rings. The molecule has 76 valence electrons. The quantitative estimate of drug-likeness (QED) is 0.658. The Balaban J connectivity index is 2.86. The lowest BCUT2D eigenvalue weighted by atomic mass is 10.5. The van der Waals surface area contributed by atoms with E-state index in [9.17, 15) is 4.79 Å². The van der Waals surface area contributed by atoms with E-state index in [1.54, 1.807) is 6.92 Å². The van der Waals surface area contributed by atoms with Crippen molar-refractivity contribution in [2.45, 2.75) is 6.92 Å². The van der Waals surface area contributed by atoms with Crippen LogP contribution >= 0.6 is 0 Å². The van der Waals surface area contributed by atoms with Crippen LogP contribution in [0.1, 0.15) is 5.82 Å². The van der Waals surface area contributed by atoms with Gasteiger partial charge >= 0.3 is 6.16 Å². The number of aryl methyl sites for hydroxylation is 1. The first kappa shape index (κ1) is 10.2. The van der Waals surface area contributed by atoms with Crippen molar-refractivity contribution in [3.8, 4) is 11.8 Å². The molecule has 0 spiro atoms. The van der Waals surface area contributed by atoms with Crippen LogP contribution in [0, 0.1) is 6.92 Å². The van der Waals surface area contributed by atoms with Gasteiger partial charge in [0.25, 0.3) is 0 Å². The van der Waals surface area contributed by atoms with E-state index in [1.165, 1.54) is 20.3 Å². The van der Waals surface area contributed by atoms with Gasteiger partial charge in [0.2, 0.25) is 11.8 Å². The van der Waals surface area contributed by atoms with Crippen molar-refractivity contribution in [1.29, 1.82) is 0 Å². The molecule has 0 fully saturated rings. The van der Waals surface area contributed by atoms with Gasteiger partial charge in [-0.2, -0.15) is 9.97 Å². The lowest BCUT2D eigenvalue weighted by Gasteiger charge is -2.04. The van der Waals surface area contributed by atoms with Crippen LogP contribution in [0.4, 0.5) is 4.79 Å². The molecule has 0 N–H and O–H groups in total. The second-order valence-electron chi connectivity index (χ2n) is 2.35. The molecule has 0 unspecified atom stereocenters. The summed E-state index contributed by atoms with van der Waals surface area (Å²) in [6, 6.07) is 1.39. The molecule has 1 rings (SSSR count). The summed E-state index contributed by atoms with van der Waals surface area (Å²) in [6.07, 6.45) is -0.829. The molecule has 0 bridgehead atoms. The van der Waals surface area contributed by atoms with Crippen molar-refractivity contribution in [2.24, 2.45) is 0 Å². The summed E-state index contributed by atoms with van der Waals surface area (Å²) in [5, 5.41) is 0. The van der Waals surface area contributed by atoms with Crippen LogP contribution in [0.3, 0.4) is 0 Å². The average Bonchev–Trinajstić information content (AvgIpc) is 2.16. The third kappa shape index (κ3) is 2.58. The van der Waals surface area contributed by atoms with Crippen molar-refractivity contribution in [1.82, 2.24) is 9.97 Å². The lowest BCUT2D eigenvalue weighted by molar-refractivity contribution is 0.119. The first-order valence-corrected chi connectivity index (χ1v) is 3.81. The van der Waals surface area contributed by atoms with Gasteiger partial charge in [0.1, 0.15) is 5.82 Å². The molecule has 0 saturated heterocycles. The standard InChI is InChI=1S/C8H10N2O4/c1-5-9-6(12-2)4-7(10-5)14-8(11)13-3/h4H,1-3H3. The number of carbonyl (C=O) groups is 1. The molecule has 0 amide bonds. The first-order valence-electron chi connectivity index (χ1n) is 3.81. The lowest BCUT2D eigenvalue weighted by Crippen LogP contribution is -2.09. The highest BCUT2D eigenvalue weighted by Crippen LogP contribution is 2.14. The monoisotopic (exact) mass is 198 g/mol. The first-order chi connectivity index (χ1) is 6.65. The van der Waals surface area contributed by atoms with Gasteiger partial charge in [0.05, 0.1) is 20.3 Å². The maximum atomic E-state index is 10.7. The Morgan fingerprint density at radius 1 is 1.29 bits per heavy atom. The third-order valence-electron chi connectivity index (χ3n) is 1.35. The van der Waals surface area contributed by atoms with Crippen molar-refractivity contribution >= 4 is 6.16 Å². The van der Waals surface area contributed by atoms with E-state index in [-0.39, 0.29) is 5.88 Å². The number of rotatable bonds is 2. The molecule has 0 aromatic carbocycles. The molecule has 0 radical (unpaired) electrons. The Morgan fingerprint density at radius 2 is 1.93 bits per heavy atom. The Hall–Kier alpha value is -1.85. The fraction of sp³-hybridized carbons (Fsp3) is 0.375. The zero-order valence-corrected chi connectivity index (χ0v) is 8.10. The second kappa shape index (κ2) is 4.40. The summed E-state index contributed by atoms with van der Waals surface area (Å²) >= 11 is 0. The van der Waals surface area contributed by atoms with E-state index in [2.05, 4.69) is 14.7 Å². The highest BCUT2D eigenvalue weighted by Gasteiger charge is 2.07. The van der Waals surface area contributed by atoms with Crippen molar-refractivity contribution < 1.29 is 19.0 Å². The number of ether oxygens (including phenoxy) is 3. The molecule has 0 aliphatic rings. The topological polar surface area (TPSA) is 70.5 Å². The fourth-order valence-electron chi connectivity index (χ4n) is 0.798. The van der Waals surface area contributed by atoms with Crippen LogP contribution in [-0.2, 0) is 4.74 Å². The largest absolute Gasteiger partial charge is 0.514 e. The predicted molar refractivity (Wildman–Crippen MR) is 46.4 cm³/mol. The Morgan fingerprint density at radius 3 is 2.50 bits per heavy atom. The smallest absolute Gasteiger partial charge is 0.481 e. The summed E-state index contributed by atoms with van der Waals surface area (Å²) in [7, 11) is 2.68. The molecule has 14 heavy (non-hydrogen) atoms. The zero-order chi connectivity index (χ0) is 10.6. The van der Waals surface area contributed by atoms with Gasteiger partial charge in [-0.25, -0.2) is 4.79 Å². The average molecular weight is 198 g/mol. The fourth-order valence-corrected chi connectivity index (χ4v) is 0.798. The Kier molecular flexibility index (Phi) is 3.22. The SMILES string of the molecule is COC(=O)Oc1cc(OC)nc(C)n1. The molecule has 0 aliphatic carbocycles. The van der Waals surface area contributed by atoms with Gasteiger partial charge in [-0.05, 0) is 6.92 Å². The normalized spacial score (nSPS) is 9.36. The van der Waals surface area contributed by atoms with Crippen molar-refractivity contribution in [3.05, 3.63) is 11.9 Å². The van der Waals surface area contributed by atoms with Crippen LogP contribution in [0.2, 0.25) is 0 Å². The van der Waals surface area contributed by atoms with E-state index in [0.717, 1.165) is 0 Å². The van der Waals surface area contributed by atoms with Gasteiger partial charge < -0.3 is 14.2 Å². The van der Waals surface area contributed by atoms with Gasteiger partial charge in [-0.3, -0.25) is 0 Å². The van der Waals surface area contributed by atoms with Crippen LogP contribution in [0.25, 0.3) is 0 Å². The van der Waals surface area contributed by atoms with E-state index in [4.69, 9.17) is 9.47 Å². The summed E-state index contributed by atoms with van der Waals surface area (Å²) in [5.41, 5.74) is 0. The van der Waals surface area contributed by atoms with Crippen LogP contribution < -0.4 is 9.47 Å². The molecule has 1 aromatic heterocycles. The number of hydrogen-bond acceptors (Lipinski definition) is 6. The summed E-state index contributed by atoms with van der Waals surface area (Å²) in [5.74, 6) is 0.876. The second-order valence-corrected chi connectivity index (χ2v) is 2.35. The minimum Gasteiger partial charge on any atom is -0.481 e. The molecule has 0 saturated carbocycles. The number of aromatic nitrogens is 2. The van der Waals surface area contributed by atoms with Crippen molar-refractivity contribution in [3.63, 3.8) is 0 Å². The Bertz CT molecular complexity index is 340. The van der Waals surface area contributed by atoms with Crippen LogP contribution in [0.5, 0.6) is 11.8 Å². The number of hydrogen-bond donors (Lipinski definition) is 0. The summed E-state index contributed by atoms with van der Waals surface area (Å²) in [4.78, 5) is 18.5. The van der Waals surface area contributed by atoms with E-state index < -0.39 is 6.16 Å². The number of methoxy groups -OCH3 is 2. The number of nitrogens with zero attached hydrogens (tertiary/aromatic N) is 2. The summed E-state index contributed by atoms with van der Waals surface area (Å²) in [6.45, 7) is 1.66. The van der Waals surface area contributed by atoms with Gasteiger partial charge in [-0.1, -0.05) is 0 Å². The summed E-state index contributed by atoms with van der Waals surface area (Å²) < 4.78 is 13.9. The van der Waals surface area contributed by atoms with E-state index in [0.29, 0.717) is 11.7 Å². The predicted octanol–water partition coefficient (Wildman–Crippen LogP) is 0.939. The molecule has 6 heteroatoms. The molecule has 6 nitrogen and oxygen atoms in total. The van der Waals surface area contributed by atoms with E-state index >= 15 is 0 Å². The zero-order valence-electron chi connectivity index (χ0n) is 8.10. The Labute approximate surface area is 80.8 Å². The molecule has 0 aliphatic heterocycles. The van der Waals surface area contributed by atoms with Gasteiger partial charge in [0.15, 0.2) is 0 Å². The molecular formula is C8H10N2O4. The van der Waals surface area contributed by atoms with E-state index in [1.807, 2.05) is 0 Å². The third-order valence-corrected chi connectivity index (χ3v) is 1.35. The van der Waals surface area contributed by atoms with Crippen LogP contribution in [-0.4, -0.2) is 30.3 Å². The maximum Gasteiger partial charge on any atom is 0.514 e. The molecule has 0 atom stereocenters. The maximum absolute atomic E-state index is 10.7. The molecule has 1 heterocycles. The highest BCUT2D eigenvalue weighted by molar-refractivity contribution is 5.62. The minimum atomic E-state index is -0.829. The van der Waals surface area contributed by atoms with Crippen molar-refractivity contribution in [2.75, 3.05) is 14.2 Å².